The highest BCUT2D eigenvalue weighted by atomic mass is 16.5. The second-order valence-electron chi connectivity index (χ2n) is 7.88. The van der Waals surface area contributed by atoms with Crippen molar-refractivity contribution in [2.45, 2.75) is 34.1 Å². The fourth-order valence-corrected chi connectivity index (χ4v) is 4.09. The first-order valence-corrected chi connectivity index (χ1v) is 8.13. The van der Waals surface area contributed by atoms with E-state index in [0.29, 0.717) is 5.69 Å². The summed E-state index contributed by atoms with van der Waals surface area (Å²) in [6.45, 7) is 8.66. The monoisotopic (exact) mass is 325 g/mol. The van der Waals surface area contributed by atoms with Crippen molar-refractivity contribution >= 4 is 29.0 Å². The molecule has 0 saturated carbocycles. The summed E-state index contributed by atoms with van der Waals surface area (Å²) in [5.41, 5.74) is 4.19. The van der Waals surface area contributed by atoms with Crippen LogP contribution in [0, 0.1) is 16.0 Å². The number of allylic oxidation sites excluding steroid dienone is 2. The zero-order valence-electron chi connectivity index (χ0n) is 14.8. The molecular weight excluding hydrogens is 302 g/mol. The maximum atomic E-state index is 12.8. The molecule has 0 saturated heterocycles. The van der Waals surface area contributed by atoms with Crippen LogP contribution < -0.4 is 0 Å². The molecule has 0 amide bonds. The molecule has 4 heteroatoms. The van der Waals surface area contributed by atoms with Gasteiger partial charge in [0.05, 0.1) is 23.7 Å². The predicted molar refractivity (Wildman–Crippen MR) is 95.9 cm³/mol. The topological polar surface area (TPSA) is 52.4 Å². The number of hydrogen-bond acceptors (Lipinski definition) is 3. The quantitative estimate of drug-likeness (QED) is 0.352. The minimum atomic E-state index is -0.396. The van der Waals surface area contributed by atoms with Crippen molar-refractivity contribution in [2.24, 2.45) is 10.8 Å². The number of nitrogens with zero attached hydrogens (tertiary/aromatic N) is 1. The van der Waals surface area contributed by atoms with Crippen molar-refractivity contribution in [2.75, 3.05) is 7.11 Å². The van der Waals surface area contributed by atoms with E-state index in [1.807, 2.05) is 18.2 Å². The Morgan fingerprint density at radius 1 is 1.29 bits per heavy atom. The van der Waals surface area contributed by atoms with Crippen LogP contribution in [-0.2, 0) is 9.53 Å². The average molecular weight is 325 g/mol. The molecule has 1 aromatic carbocycles. The van der Waals surface area contributed by atoms with Gasteiger partial charge in [0.2, 0.25) is 11.4 Å². The second kappa shape index (κ2) is 5.33. The normalized spacial score (nSPS) is 20.6. The molecule has 1 aromatic rings. The Morgan fingerprint density at radius 2 is 2.00 bits per heavy atom. The summed E-state index contributed by atoms with van der Waals surface area (Å²) in [6, 6.07) is 5.64. The van der Waals surface area contributed by atoms with Crippen LogP contribution >= 0.6 is 0 Å². The third kappa shape index (κ3) is 2.66. The summed E-state index contributed by atoms with van der Waals surface area (Å²) >= 11 is 0. The van der Waals surface area contributed by atoms with Crippen molar-refractivity contribution in [3.05, 3.63) is 46.7 Å². The first-order valence-electron chi connectivity index (χ1n) is 8.13. The zero-order valence-corrected chi connectivity index (χ0v) is 14.8. The number of methoxy groups -OCH3 is 1. The first-order chi connectivity index (χ1) is 11.1. The largest absolute Gasteiger partial charge is 0.618 e. The van der Waals surface area contributed by atoms with Gasteiger partial charge in [-0.15, -0.1) is 0 Å². The summed E-state index contributed by atoms with van der Waals surface area (Å²) in [5, 5.41) is 12.8. The van der Waals surface area contributed by atoms with Crippen LogP contribution in [0.4, 0.5) is 5.69 Å². The van der Waals surface area contributed by atoms with Crippen LogP contribution in [0.5, 0.6) is 0 Å². The molecule has 0 bridgehead atoms. The van der Waals surface area contributed by atoms with E-state index in [4.69, 9.17) is 0 Å². The van der Waals surface area contributed by atoms with E-state index in [1.54, 1.807) is 6.08 Å². The molecule has 0 radical (unpaired) electrons. The van der Waals surface area contributed by atoms with Crippen molar-refractivity contribution in [3.63, 3.8) is 0 Å². The molecule has 2 aliphatic rings. The smallest absolute Gasteiger partial charge is 0.330 e. The van der Waals surface area contributed by atoms with Gasteiger partial charge in [0.15, 0.2) is 0 Å². The number of hydrogen-bond donors (Lipinski definition) is 0. The molecule has 0 N–H and O–H groups in total. The molecule has 1 aliphatic heterocycles. The summed E-state index contributed by atoms with van der Waals surface area (Å²) < 4.78 is 5.70. The lowest BCUT2D eigenvalue weighted by Gasteiger charge is -2.36. The number of carbonyl (C=O) groups excluding carboxylic acids is 1. The molecule has 24 heavy (non-hydrogen) atoms. The Bertz CT molecular complexity index is 810. The van der Waals surface area contributed by atoms with Gasteiger partial charge in [0.25, 0.3) is 0 Å². The van der Waals surface area contributed by atoms with E-state index in [1.165, 1.54) is 13.2 Å². The number of carbonyl (C=O) groups is 1. The van der Waals surface area contributed by atoms with Gasteiger partial charge in [-0.2, -0.15) is 4.74 Å². The van der Waals surface area contributed by atoms with Gasteiger partial charge in [-0.1, -0.05) is 19.9 Å². The SMILES string of the molecule is COC(=O)/C=C/c1ccc2c(c1)C1=CC(C)(C)CC(C)(C)C1=[N+]2[O-]. The Hall–Kier alpha value is -2.36. The molecule has 0 unspecified atom stereocenters. The van der Waals surface area contributed by atoms with Crippen LogP contribution in [0.3, 0.4) is 0 Å². The lowest BCUT2D eigenvalue weighted by atomic mass is 9.65. The minimum Gasteiger partial charge on any atom is -0.618 e. The van der Waals surface area contributed by atoms with Gasteiger partial charge in [0.1, 0.15) is 0 Å². The first kappa shape index (κ1) is 16.5. The molecular formula is C20H23NO3. The summed E-state index contributed by atoms with van der Waals surface area (Å²) in [4.78, 5) is 11.3. The van der Waals surface area contributed by atoms with E-state index in [9.17, 15) is 10.0 Å². The number of rotatable bonds is 2. The van der Waals surface area contributed by atoms with Crippen LogP contribution in [0.25, 0.3) is 11.6 Å². The van der Waals surface area contributed by atoms with Crippen LogP contribution in [-0.4, -0.2) is 23.5 Å². The van der Waals surface area contributed by atoms with Crippen molar-refractivity contribution < 1.29 is 14.3 Å². The Morgan fingerprint density at radius 3 is 2.67 bits per heavy atom. The predicted octanol–water partition coefficient (Wildman–Crippen LogP) is 4.31. The number of ether oxygens (including phenoxy) is 1. The molecule has 0 aromatic heterocycles. The fraction of sp³-hybridized carbons (Fsp3) is 0.400. The minimum absolute atomic E-state index is 0.0304. The molecule has 3 rings (SSSR count). The van der Waals surface area contributed by atoms with Crippen molar-refractivity contribution in [1.82, 2.24) is 0 Å². The Kier molecular flexibility index (Phi) is 3.67. The maximum Gasteiger partial charge on any atom is 0.330 e. The van der Waals surface area contributed by atoms with Gasteiger partial charge in [-0.05, 0) is 49.5 Å². The Labute approximate surface area is 142 Å². The standard InChI is InChI=1S/C20H23NO3/c1-19(2)11-15-14-10-13(7-9-17(22)24-5)6-8-16(14)21(23)18(15)20(3,4)12-19/h6-11H,12H2,1-5H3/b9-7+. The molecule has 0 atom stereocenters. The van der Waals surface area contributed by atoms with Crippen LogP contribution in [0.2, 0.25) is 0 Å². The van der Waals surface area contributed by atoms with Gasteiger partial charge in [-0.25, -0.2) is 4.79 Å². The third-order valence-electron chi connectivity index (χ3n) is 4.67. The van der Waals surface area contributed by atoms with E-state index in [0.717, 1.165) is 33.6 Å². The highest BCUT2D eigenvalue weighted by molar-refractivity contribution is 6.28. The third-order valence-corrected chi connectivity index (χ3v) is 4.67. The van der Waals surface area contributed by atoms with Gasteiger partial charge in [0, 0.05) is 12.1 Å². The van der Waals surface area contributed by atoms with E-state index < -0.39 is 5.97 Å². The van der Waals surface area contributed by atoms with Gasteiger partial charge < -0.3 is 9.94 Å². The van der Waals surface area contributed by atoms with Gasteiger partial charge in [-0.3, -0.25) is 0 Å². The van der Waals surface area contributed by atoms with Crippen LogP contribution in [0.15, 0.2) is 30.4 Å². The average Bonchev–Trinajstić information content (AvgIpc) is 2.75. The summed E-state index contributed by atoms with van der Waals surface area (Å²) in [6.07, 6.45) is 6.23. The van der Waals surface area contributed by atoms with Crippen molar-refractivity contribution in [1.29, 1.82) is 0 Å². The molecule has 0 spiro atoms. The number of fused-ring (bicyclic) bond motifs is 3. The number of benzene rings is 1. The number of esters is 1. The highest BCUT2D eigenvalue weighted by Gasteiger charge is 2.48. The van der Waals surface area contributed by atoms with E-state index in [2.05, 4.69) is 38.5 Å². The second-order valence-corrected chi connectivity index (χ2v) is 7.88. The molecule has 4 nitrogen and oxygen atoms in total. The lowest BCUT2D eigenvalue weighted by molar-refractivity contribution is -0.361. The van der Waals surface area contributed by atoms with E-state index >= 15 is 0 Å². The van der Waals surface area contributed by atoms with Crippen molar-refractivity contribution in [3.8, 4) is 0 Å². The summed E-state index contributed by atoms with van der Waals surface area (Å²) in [7, 11) is 1.35. The fourth-order valence-electron chi connectivity index (χ4n) is 4.09. The molecule has 1 aliphatic carbocycles. The summed E-state index contributed by atoms with van der Waals surface area (Å²) in [5.74, 6) is -0.396. The van der Waals surface area contributed by atoms with E-state index in [-0.39, 0.29) is 10.8 Å². The zero-order chi connectivity index (χ0) is 17.7. The van der Waals surface area contributed by atoms with Gasteiger partial charge >= 0.3 is 5.97 Å². The molecule has 0 fully saturated rings. The van der Waals surface area contributed by atoms with Crippen LogP contribution in [0.1, 0.15) is 45.2 Å². The molecule has 126 valence electrons. The molecule has 1 heterocycles. The maximum absolute atomic E-state index is 12.8. The highest BCUT2D eigenvalue weighted by Crippen LogP contribution is 2.50. The Balaban J connectivity index is 2.11. The lowest BCUT2D eigenvalue weighted by Crippen LogP contribution is -2.36.